The molecule has 0 bridgehead atoms. The number of rotatable bonds is 6. The van der Waals surface area contributed by atoms with Gasteiger partial charge in [-0.3, -0.25) is 0 Å². The molecule has 0 amide bonds. The predicted molar refractivity (Wildman–Crippen MR) is 137 cm³/mol. The molecule has 4 nitrogen and oxygen atoms in total. The van der Waals surface area contributed by atoms with E-state index in [-0.39, 0.29) is 0 Å². The van der Waals surface area contributed by atoms with Gasteiger partial charge in [-0.25, -0.2) is 9.97 Å². The summed E-state index contributed by atoms with van der Waals surface area (Å²) in [6.45, 7) is 0. The molecule has 1 N–H and O–H groups in total. The fourth-order valence-corrected chi connectivity index (χ4v) is 5.53. The standard InChI is InChI=1S/C25H17Cl2N3OS2/c1-31-16-12-10-15(11-13-16)20-14-17-23(28-20)29-25(33-22-9-5-3-7-19(22)27)30-24(17)32-21-8-4-2-6-18(21)26/h2-14H,1H3,(H,28,29,30). The smallest absolute Gasteiger partial charge is 0.195 e. The molecule has 0 fully saturated rings. The van der Waals surface area contributed by atoms with Crippen molar-refractivity contribution in [1.82, 2.24) is 15.0 Å². The summed E-state index contributed by atoms with van der Waals surface area (Å²) in [6, 6.07) is 25.4. The second kappa shape index (κ2) is 9.69. The molecule has 3 aromatic carbocycles. The van der Waals surface area contributed by atoms with E-state index in [1.165, 1.54) is 23.5 Å². The van der Waals surface area contributed by atoms with Crippen LogP contribution in [0.1, 0.15) is 0 Å². The van der Waals surface area contributed by atoms with Crippen LogP contribution in [0.5, 0.6) is 5.75 Å². The number of aromatic nitrogens is 3. The van der Waals surface area contributed by atoms with E-state index in [1.54, 1.807) is 7.11 Å². The van der Waals surface area contributed by atoms with Crippen LogP contribution in [-0.4, -0.2) is 22.1 Å². The highest BCUT2D eigenvalue weighted by atomic mass is 35.5. The molecule has 0 aliphatic heterocycles. The summed E-state index contributed by atoms with van der Waals surface area (Å²) in [6.07, 6.45) is 0. The number of hydrogen-bond acceptors (Lipinski definition) is 5. The second-order valence-electron chi connectivity index (χ2n) is 7.05. The molecule has 0 aliphatic rings. The van der Waals surface area contributed by atoms with Crippen LogP contribution >= 0.6 is 46.7 Å². The zero-order valence-corrected chi connectivity index (χ0v) is 20.5. The molecule has 5 aromatic rings. The number of methoxy groups -OCH3 is 1. The van der Waals surface area contributed by atoms with Crippen LogP contribution in [0.3, 0.4) is 0 Å². The molecule has 0 saturated heterocycles. The van der Waals surface area contributed by atoms with Gasteiger partial charge in [-0.1, -0.05) is 59.2 Å². The van der Waals surface area contributed by atoms with E-state index >= 15 is 0 Å². The first kappa shape index (κ1) is 22.2. The van der Waals surface area contributed by atoms with Gasteiger partial charge in [-0.15, -0.1) is 0 Å². The van der Waals surface area contributed by atoms with Gasteiger partial charge in [-0.2, -0.15) is 0 Å². The van der Waals surface area contributed by atoms with Gasteiger partial charge in [0.1, 0.15) is 16.4 Å². The molecular formula is C25H17Cl2N3OS2. The van der Waals surface area contributed by atoms with E-state index in [0.29, 0.717) is 15.2 Å². The lowest BCUT2D eigenvalue weighted by Gasteiger charge is -2.07. The van der Waals surface area contributed by atoms with E-state index in [1.807, 2.05) is 72.8 Å². The lowest BCUT2D eigenvalue weighted by Crippen LogP contribution is -1.91. The van der Waals surface area contributed by atoms with Crippen molar-refractivity contribution in [3.8, 4) is 17.0 Å². The predicted octanol–water partition coefficient (Wildman–Crippen LogP) is 8.24. The summed E-state index contributed by atoms with van der Waals surface area (Å²) in [7, 11) is 1.66. The second-order valence-corrected chi connectivity index (χ2v) is 9.90. The van der Waals surface area contributed by atoms with Crippen LogP contribution in [0.15, 0.2) is 98.8 Å². The Morgan fingerprint density at radius 3 is 2.06 bits per heavy atom. The molecule has 2 heterocycles. The topological polar surface area (TPSA) is 50.8 Å². The van der Waals surface area contributed by atoms with Crippen LogP contribution in [0.25, 0.3) is 22.3 Å². The summed E-state index contributed by atoms with van der Waals surface area (Å²) in [5, 5.41) is 3.69. The van der Waals surface area contributed by atoms with E-state index < -0.39 is 0 Å². The zero-order chi connectivity index (χ0) is 22.8. The van der Waals surface area contributed by atoms with Crippen molar-refractivity contribution < 1.29 is 4.74 Å². The van der Waals surface area contributed by atoms with Gasteiger partial charge >= 0.3 is 0 Å². The molecule has 8 heteroatoms. The van der Waals surface area contributed by atoms with Gasteiger partial charge < -0.3 is 9.72 Å². The highest BCUT2D eigenvalue weighted by molar-refractivity contribution is 8.00. The molecule has 0 saturated carbocycles. The third kappa shape index (κ3) is 4.84. The van der Waals surface area contributed by atoms with Crippen molar-refractivity contribution in [3.63, 3.8) is 0 Å². The van der Waals surface area contributed by atoms with Gasteiger partial charge in [0.05, 0.1) is 22.5 Å². The first-order valence-electron chi connectivity index (χ1n) is 10.0. The van der Waals surface area contributed by atoms with Crippen molar-refractivity contribution in [2.75, 3.05) is 7.11 Å². The molecule has 164 valence electrons. The summed E-state index contributed by atoms with van der Waals surface area (Å²) in [5.41, 5.74) is 2.73. The maximum atomic E-state index is 6.44. The number of hydrogen-bond donors (Lipinski definition) is 1. The lowest BCUT2D eigenvalue weighted by molar-refractivity contribution is 0.415. The Kier molecular flexibility index (Phi) is 6.51. The zero-order valence-electron chi connectivity index (χ0n) is 17.4. The lowest BCUT2D eigenvalue weighted by atomic mass is 10.1. The number of H-pyrrole nitrogens is 1. The van der Waals surface area contributed by atoms with Gasteiger partial charge in [0, 0.05) is 15.5 Å². The molecule has 0 aliphatic carbocycles. The number of nitrogens with zero attached hydrogens (tertiary/aromatic N) is 2. The number of aromatic amines is 1. The summed E-state index contributed by atoms with van der Waals surface area (Å²) in [5.74, 6) is 0.808. The average Bonchev–Trinajstić information content (AvgIpc) is 3.27. The molecular weight excluding hydrogens is 493 g/mol. The van der Waals surface area contributed by atoms with Crippen LogP contribution in [0.2, 0.25) is 10.0 Å². The number of halogens is 2. The first-order chi connectivity index (χ1) is 16.1. The molecule has 0 unspecified atom stereocenters. The van der Waals surface area contributed by atoms with E-state index in [2.05, 4.69) is 11.1 Å². The molecule has 0 atom stereocenters. The largest absolute Gasteiger partial charge is 0.497 e. The van der Waals surface area contributed by atoms with Crippen LogP contribution in [0, 0.1) is 0 Å². The minimum atomic E-state index is 0.605. The fraction of sp³-hybridized carbons (Fsp3) is 0.0400. The SMILES string of the molecule is COc1ccc(-c2cc3c(Sc4ccccc4Cl)nc(Sc4ccccc4Cl)nc3[nH]2)cc1. The molecule has 0 spiro atoms. The van der Waals surface area contributed by atoms with Crippen molar-refractivity contribution in [1.29, 1.82) is 0 Å². The van der Waals surface area contributed by atoms with Crippen LogP contribution in [-0.2, 0) is 0 Å². The van der Waals surface area contributed by atoms with Gasteiger partial charge in [0.2, 0.25) is 0 Å². The quantitative estimate of drug-likeness (QED) is 0.184. The molecule has 2 aromatic heterocycles. The first-order valence-corrected chi connectivity index (χ1v) is 12.4. The third-order valence-electron chi connectivity index (χ3n) is 4.91. The minimum absolute atomic E-state index is 0.605. The Hall–Kier alpha value is -2.64. The number of benzene rings is 3. The van der Waals surface area contributed by atoms with Crippen molar-refractivity contribution in [3.05, 3.63) is 88.9 Å². The Morgan fingerprint density at radius 2 is 1.42 bits per heavy atom. The monoisotopic (exact) mass is 509 g/mol. The van der Waals surface area contributed by atoms with Gasteiger partial charge in [-0.05, 0) is 71.9 Å². The maximum absolute atomic E-state index is 6.44. The van der Waals surface area contributed by atoms with Crippen molar-refractivity contribution in [2.45, 2.75) is 20.0 Å². The van der Waals surface area contributed by atoms with Crippen LogP contribution in [0.4, 0.5) is 0 Å². The van der Waals surface area contributed by atoms with E-state index in [0.717, 1.165) is 42.9 Å². The normalized spacial score (nSPS) is 11.1. The third-order valence-corrected chi connectivity index (χ3v) is 7.82. The molecule has 5 rings (SSSR count). The Morgan fingerprint density at radius 1 is 0.788 bits per heavy atom. The van der Waals surface area contributed by atoms with Gasteiger partial charge in [0.15, 0.2) is 5.16 Å². The summed E-state index contributed by atoms with van der Waals surface area (Å²) in [4.78, 5) is 14.9. The van der Waals surface area contributed by atoms with Crippen LogP contribution < -0.4 is 4.74 Å². The molecule has 33 heavy (non-hydrogen) atoms. The van der Waals surface area contributed by atoms with E-state index in [9.17, 15) is 0 Å². The highest BCUT2D eigenvalue weighted by Crippen LogP contribution is 2.39. The highest BCUT2D eigenvalue weighted by Gasteiger charge is 2.16. The Bertz CT molecular complexity index is 1440. The molecule has 0 radical (unpaired) electrons. The summed E-state index contributed by atoms with van der Waals surface area (Å²) >= 11 is 15.8. The Balaban J connectivity index is 1.61. The average molecular weight is 510 g/mol. The van der Waals surface area contributed by atoms with E-state index in [4.69, 9.17) is 37.9 Å². The van der Waals surface area contributed by atoms with Crippen molar-refractivity contribution in [2.24, 2.45) is 0 Å². The minimum Gasteiger partial charge on any atom is -0.497 e. The van der Waals surface area contributed by atoms with Gasteiger partial charge in [0.25, 0.3) is 0 Å². The maximum Gasteiger partial charge on any atom is 0.195 e. The number of nitrogens with one attached hydrogen (secondary N) is 1. The number of fused-ring (bicyclic) bond motifs is 1. The number of ether oxygens (including phenoxy) is 1. The summed E-state index contributed by atoms with van der Waals surface area (Å²) < 4.78 is 5.28. The van der Waals surface area contributed by atoms with Crippen molar-refractivity contribution >= 4 is 57.8 Å². The Labute approximate surface area is 209 Å². The fourth-order valence-electron chi connectivity index (χ4n) is 3.27.